The van der Waals surface area contributed by atoms with Crippen LogP contribution in [0.25, 0.3) is 0 Å². The van der Waals surface area contributed by atoms with Gasteiger partial charge in [-0.3, -0.25) is 4.79 Å². The summed E-state index contributed by atoms with van der Waals surface area (Å²) in [6, 6.07) is 3.23. The van der Waals surface area contributed by atoms with Gasteiger partial charge in [-0.15, -0.1) is 11.3 Å². The summed E-state index contributed by atoms with van der Waals surface area (Å²) >= 11 is 1.20. The lowest BCUT2D eigenvalue weighted by Gasteiger charge is -2.25. The maximum atomic E-state index is 12.5. The summed E-state index contributed by atoms with van der Waals surface area (Å²) in [6.45, 7) is 0. The van der Waals surface area contributed by atoms with Gasteiger partial charge >= 0.3 is 6.18 Å². The van der Waals surface area contributed by atoms with Gasteiger partial charge in [0.15, 0.2) is 0 Å². The highest BCUT2D eigenvalue weighted by atomic mass is 32.1. The molecule has 2 heterocycles. The van der Waals surface area contributed by atoms with Gasteiger partial charge in [-0.1, -0.05) is 6.07 Å². The van der Waals surface area contributed by atoms with E-state index in [2.05, 4.69) is 0 Å². The predicted molar refractivity (Wildman–Crippen MR) is 50.8 cm³/mol. The van der Waals surface area contributed by atoms with Gasteiger partial charge in [0.1, 0.15) is 0 Å². The van der Waals surface area contributed by atoms with Crippen molar-refractivity contribution in [3.05, 3.63) is 22.4 Å². The SMILES string of the molecule is O=C1N[C@@](O)(C(F)(F)F)C[C@@H]1c1cccs1. The van der Waals surface area contributed by atoms with Crippen LogP contribution in [0.2, 0.25) is 0 Å². The molecule has 1 aromatic rings. The molecule has 1 amide bonds. The van der Waals surface area contributed by atoms with Crippen LogP contribution in [0.3, 0.4) is 0 Å². The second-order valence-corrected chi connectivity index (χ2v) is 4.60. The first-order valence-electron chi connectivity index (χ1n) is 4.48. The van der Waals surface area contributed by atoms with Crippen LogP contribution >= 0.6 is 11.3 Å². The second kappa shape index (κ2) is 3.46. The van der Waals surface area contributed by atoms with Crippen LogP contribution in [-0.2, 0) is 4.79 Å². The van der Waals surface area contributed by atoms with Crippen LogP contribution in [0.5, 0.6) is 0 Å². The molecular formula is C9H8F3NO2S. The average Bonchev–Trinajstić information content (AvgIpc) is 2.71. The van der Waals surface area contributed by atoms with E-state index < -0.39 is 30.1 Å². The Balaban J connectivity index is 2.26. The van der Waals surface area contributed by atoms with Crippen molar-refractivity contribution in [1.82, 2.24) is 5.32 Å². The Morgan fingerprint density at radius 2 is 2.25 bits per heavy atom. The second-order valence-electron chi connectivity index (χ2n) is 3.62. The molecule has 0 bridgehead atoms. The minimum absolute atomic E-state index is 0.526. The number of nitrogens with one attached hydrogen (secondary N) is 1. The minimum atomic E-state index is -4.85. The van der Waals surface area contributed by atoms with Crippen molar-refractivity contribution in [2.45, 2.75) is 24.2 Å². The van der Waals surface area contributed by atoms with E-state index in [9.17, 15) is 23.1 Å². The Kier molecular flexibility index (Phi) is 2.47. The molecule has 0 radical (unpaired) electrons. The molecule has 0 unspecified atom stereocenters. The Labute approximate surface area is 92.9 Å². The number of thiophene rings is 1. The van der Waals surface area contributed by atoms with Crippen molar-refractivity contribution in [1.29, 1.82) is 0 Å². The maximum absolute atomic E-state index is 12.5. The molecule has 0 aromatic carbocycles. The first-order chi connectivity index (χ1) is 7.33. The van der Waals surface area contributed by atoms with Crippen molar-refractivity contribution < 1.29 is 23.1 Å². The van der Waals surface area contributed by atoms with Crippen molar-refractivity contribution in [2.24, 2.45) is 0 Å². The number of carbonyl (C=O) groups excluding carboxylic acids is 1. The Bertz CT molecular complexity index is 403. The molecule has 3 nitrogen and oxygen atoms in total. The van der Waals surface area contributed by atoms with Gasteiger partial charge in [0.05, 0.1) is 5.92 Å². The summed E-state index contributed by atoms with van der Waals surface area (Å²) in [6.07, 6.45) is -5.52. The van der Waals surface area contributed by atoms with E-state index in [0.717, 1.165) is 0 Å². The highest BCUT2D eigenvalue weighted by Crippen LogP contribution is 2.42. The van der Waals surface area contributed by atoms with E-state index in [-0.39, 0.29) is 0 Å². The maximum Gasteiger partial charge on any atom is 0.436 e. The molecule has 88 valence electrons. The van der Waals surface area contributed by atoms with Crippen LogP contribution < -0.4 is 5.32 Å². The van der Waals surface area contributed by atoms with Crippen LogP contribution in [0.1, 0.15) is 17.2 Å². The van der Waals surface area contributed by atoms with E-state index in [4.69, 9.17) is 0 Å². The molecule has 2 N–H and O–H groups in total. The Hall–Kier alpha value is -1.08. The van der Waals surface area contributed by atoms with E-state index in [0.29, 0.717) is 4.88 Å². The van der Waals surface area contributed by atoms with Crippen molar-refractivity contribution >= 4 is 17.2 Å². The van der Waals surface area contributed by atoms with Gasteiger partial charge in [0, 0.05) is 11.3 Å². The molecule has 1 fully saturated rings. The number of rotatable bonds is 1. The van der Waals surface area contributed by atoms with E-state index >= 15 is 0 Å². The van der Waals surface area contributed by atoms with Crippen LogP contribution in [-0.4, -0.2) is 22.9 Å². The molecule has 2 rings (SSSR count). The zero-order valence-corrected chi connectivity index (χ0v) is 8.73. The van der Waals surface area contributed by atoms with Gasteiger partial charge < -0.3 is 10.4 Å². The van der Waals surface area contributed by atoms with Gasteiger partial charge in [-0.05, 0) is 11.4 Å². The molecule has 2 atom stereocenters. The molecule has 1 saturated heterocycles. The molecule has 0 spiro atoms. The Morgan fingerprint density at radius 1 is 1.56 bits per heavy atom. The third kappa shape index (κ3) is 1.69. The number of alkyl halides is 3. The van der Waals surface area contributed by atoms with E-state index in [1.807, 2.05) is 0 Å². The fourth-order valence-corrected chi connectivity index (χ4v) is 2.46. The average molecular weight is 251 g/mol. The summed E-state index contributed by atoms with van der Waals surface area (Å²) in [4.78, 5) is 11.9. The lowest BCUT2D eigenvalue weighted by atomic mass is 10.0. The first kappa shape index (κ1) is 11.4. The summed E-state index contributed by atoms with van der Waals surface area (Å²) in [5.41, 5.74) is -3.10. The van der Waals surface area contributed by atoms with Crippen LogP contribution in [0, 0.1) is 0 Å². The number of aliphatic hydroxyl groups is 1. The molecule has 0 aliphatic carbocycles. The summed E-state index contributed by atoms with van der Waals surface area (Å²) < 4.78 is 37.4. The van der Waals surface area contributed by atoms with Gasteiger partial charge in [-0.2, -0.15) is 13.2 Å². The third-order valence-electron chi connectivity index (χ3n) is 2.50. The topological polar surface area (TPSA) is 49.3 Å². The van der Waals surface area contributed by atoms with E-state index in [1.54, 1.807) is 22.8 Å². The minimum Gasteiger partial charge on any atom is -0.363 e. The quantitative estimate of drug-likeness (QED) is 0.796. The highest BCUT2D eigenvalue weighted by Gasteiger charge is 2.60. The standard InChI is InChI=1S/C9H8F3NO2S/c10-9(11,12)8(15)4-5(7(14)13-8)6-2-1-3-16-6/h1-3,5,15H,4H2,(H,13,14)/t5-,8+/m1/s1. The molecule has 16 heavy (non-hydrogen) atoms. The summed E-state index contributed by atoms with van der Waals surface area (Å²) in [7, 11) is 0. The third-order valence-corrected chi connectivity index (χ3v) is 3.49. The smallest absolute Gasteiger partial charge is 0.363 e. The lowest BCUT2D eigenvalue weighted by molar-refractivity contribution is -0.266. The normalized spacial score (nSPS) is 30.5. The highest BCUT2D eigenvalue weighted by molar-refractivity contribution is 7.10. The Morgan fingerprint density at radius 3 is 2.69 bits per heavy atom. The number of hydrogen-bond acceptors (Lipinski definition) is 3. The predicted octanol–water partition coefficient (Wildman–Crippen LogP) is 1.60. The monoisotopic (exact) mass is 251 g/mol. The largest absolute Gasteiger partial charge is 0.436 e. The number of halogens is 3. The van der Waals surface area contributed by atoms with Crippen LogP contribution in [0.15, 0.2) is 17.5 Å². The van der Waals surface area contributed by atoms with E-state index in [1.165, 1.54) is 11.3 Å². The molecule has 7 heteroatoms. The van der Waals surface area contributed by atoms with Crippen LogP contribution in [0.4, 0.5) is 13.2 Å². The lowest BCUT2D eigenvalue weighted by Crippen LogP contribution is -2.53. The number of hydrogen-bond donors (Lipinski definition) is 2. The number of carbonyl (C=O) groups is 1. The fourth-order valence-electron chi connectivity index (χ4n) is 1.64. The molecule has 1 aromatic heterocycles. The molecular weight excluding hydrogens is 243 g/mol. The molecule has 0 saturated carbocycles. The number of amides is 1. The molecule has 1 aliphatic heterocycles. The zero-order valence-electron chi connectivity index (χ0n) is 7.91. The first-order valence-corrected chi connectivity index (χ1v) is 5.36. The summed E-state index contributed by atoms with van der Waals surface area (Å²) in [5.74, 6) is -1.71. The van der Waals surface area contributed by atoms with Gasteiger partial charge in [0.2, 0.25) is 11.6 Å². The van der Waals surface area contributed by atoms with Crippen molar-refractivity contribution in [2.75, 3.05) is 0 Å². The van der Waals surface area contributed by atoms with Crippen molar-refractivity contribution in [3.8, 4) is 0 Å². The summed E-state index contributed by atoms with van der Waals surface area (Å²) in [5, 5.41) is 12.6. The van der Waals surface area contributed by atoms with Gasteiger partial charge in [-0.25, -0.2) is 0 Å². The fraction of sp³-hybridized carbons (Fsp3) is 0.444. The zero-order chi connectivity index (χ0) is 12.0. The molecule has 1 aliphatic rings. The van der Waals surface area contributed by atoms with Gasteiger partial charge in [0.25, 0.3) is 0 Å². The van der Waals surface area contributed by atoms with Crippen molar-refractivity contribution in [3.63, 3.8) is 0 Å².